The predicted molar refractivity (Wildman–Crippen MR) is 126 cm³/mol. The van der Waals surface area contributed by atoms with Crippen LogP contribution in [0.3, 0.4) is 0 Å². The third kappa shape index (κ3) is 7.14. The lowest BCUT2D eigenvalue weighted by Gasteiger charge is -2.35. The molecule has 2 aromatic carbocycles. The Morgan fingerprint density at radius 2 is 1.50 bits per heavy atom. The quantitative estimate of drug-likeness (QED) is 0.526. The summed E-state index contributed by atoms with van der Waals surface area (Å²) in [7, 11) is 1.48. The van der Waals surface area contributed by atoms with Gasteiger partial charge >= 0.3 is 12.2 Å². The van der Waals surface area contributed by atoms with Crippen molar-refractivity contribution in [2.24, 2.45) is 0 Å². The highest BCUT2D eigenvalue weighted by Crippen LogP contribution is 2.32. The van der Waals surface area contributed by atoms with E-state index in [0.29, 0.717) is 18.9 Å². The number of carbonyl (C=O) groups excluding carboxylic acids is 2. The van der Waals surface area contributed by atoms with Crippen molar-refractivity contribution >= 4 is 23.6 Å². The molecule has 8 nitrogen and oxygen atoms in total. The zero-order chi connectivity index (χ0) is 26.1. The van der Waals surface area contributed by atoms with Crippen LogP contribution in [-0.4, -0.2) is 60.3 Å². The molecule has 36 heavy (non-hydrogen) atoms. The summed E-state index contributed by atoms with van der Waals surface area (Å²) < 4.78 is 51.4. The molecule has 190 valence electrons. The normalized spacial score (nSPS) is 13.4. The molecule has 4 rings (SSSR count). The maximum Gasteiger partial charge on any atom is 0.417 e. The average molecular weight is 504 g/mol. The third-order valence-corrected chi connectivity index (χ3v) is 5.21. The van der Waals surface area contributed by atoms with Crippen molar-refractivity contribution in [2.45, 2.75) is 6.18 Å². The fourth-order valence-corrected chi connectivity index (χ4v) is 3.38. The first kappa shape index (κ1) is 26.4. The van der Waals surface area contributed by atoms with E-state index >= 15 is 0 Å². The Morgan fingerprint density at radius 1 is 0.861 bits per heavy atom. The highest BCUT2D eigenvalue weighted by molar-refractivity contribution is 5.96. The second kappa shape index (κ2) is 12.0. The first-order valence-corrected chi connectivity index (χ1v) is 10.9. The largest absolute Gasteiger partial charge is 0.417 e. The van der Waals surface area contributed by atoms with Gasteiger partial charge in [0.05, 0.1) is 11.1 Å². The van der Waals surface area contributed by atoms with Gasteiger partial charge in [-0.15, -0.1) is 10.2 Å². The number of benzene rings is 2. The first-order chi connectivity index (χ1) is 17.2. The lowest BCUT2D eigenvalue weighted by Crippen LogP contribution is -2.49. The zero-order valence-electron chi connectivity index (χ0n) is 19.3. The lowest BCUT2D eigenvalue weighted by atomic mass is 10.1. The molecule has 0 saturated carbocycles. The van der Waals surface area contributed by atoms with Crippen LogP contribution in [0.5, 0.6) is 0 Å². The molecule has 2 heterocycles. The van der Waals surface area contributed by atoms with Crippen molar-refractivity contribution in [1.82, 2.24) is 20.4 Å². The number of nitrogens with one attached hydrogen (secondary N) is 2. The summed E-state index contributed by atoms with van der Waals surface area (Å²) >= 11 is 0. The van der Waals surface area contributed by atoms with Crippen molar-refractivity contribution in [1.29, 1.82) is 0 Å². The second-order valence-corrected chi connectivity index (χ2v) is 7.60. The van der Waals surface area contributed by atoms with Crippen LogP contribution >= 0.6 is 0 Å². The van der Waals surface area contributed by atoms with E-state index in [-0.39, 0.29) is 30.3 Å². The van der Waals surface area contributed by atoms with Gasteiger partial charge in [-0.3, -0.25) is 10.1 Å². The molecule has 0 unspecified atom stereocenters. The lowest BCUT2D eigenvalue weighted by molar-refractivity contribution is -0.138. The molecule has 1 fully saturated rings. The van der Waals surface area contributed by atoms with E-state index in [1.807, 2.05) is 4.90 Å². The minimum Gasteiger partial charge on any atom is -0.352 e. The molecule has 1 saturated heterocycles. The Morgan fingerprint density at radius 3 is 2.03 bits per heavy atom. The van der Waals surface area contributed by atoms with E-state index in [9.17, 15) is 27.2 Å². The number of urea groups is 1. The summed E-state index contributed by atoms with van der Waals surface area (Å²) in [6.45, 7) is 1.31. The maximum atomic E-state index is 13.2. The zero-order valence-corrected chi connectivity index (χ0v) is 19.3. The van der Waals surface area contributed by atoms with Crippen LogP contribution in [0.1, 0.15) is 15.9 Å². The summed E-state index contributed by atoms with van der Waals surface area (Å²) in [5, 5.41) is 12.8. The number of carbonyl (C=O) groups is 2. The molecule has 0 atom stereocenters. The van der Waals surface area contributed by atoms with Gasteiger partial charge < -0.3 is 15.1 Å². The number of hydrogen-bond donors (Lipinski definition) is 2. The number of nitrogens with zero attached hydrogens (tertiary/aromatic N) is 4. The minimum absolute atomic E-state index is 0.178. The van der Waals surface area contributed by atoms with Crippen LogP contribution in [0.25, 0.3) is 0 Å². The Hall–Kier alpha value is -4.22. The highest BCUT2D eigenvalue weighted by atomic mass is 19.4. The van der Waals surface area contributed by atoms with Crippen LogP contribution in [0.4, 0.5) is 34.0 Å². The van der Waals surface area contributed by atoms with Crippen LogP contribution < -0.4 is 15.5 Å². The Kier molecular flexibility index (Phi) is 8.76. The molecule has 2 N–H and O–H groups in total. The van der Waals surface area contributed by atoms with Gasteiger partial charge in [0, 0.05) is 33.2 Å². The summed E-state index contributed by atoms with van der Waals surface area (Å²) in [5.41, 5.74) is -1.28. The van der Waals surface area contributed by atoms with Gasteiger partial charge in [0.1, 0.15) is 5.82 Å². The van der Waals surface area contributed by atoms with Crippen molar-refractivity contribution in [2.75, 3.05) is 43.4 Å². The van der Waals surface area contributed by atoms with Crippen LogP contribution in [0.2, 0.25) is 0 Å². The number of rotatable bonds is 3. The van der Waals surface area contributed by atoms with Gasteiger partial charge in [0.2, 0.25) is 0 Å². The fraction of sp³-hybridized carbons (Fsp3) is 0.250. The predicted octanol–water partition coefficient (Wildman–Crippen LogP) is 4.03. The first-order valence-electron chi connectivity index (χ1n) is 10.9. The fourth-order valence-electron chi connectivity index (χ4n) is 3.38. The summed E-state index contributed by atoms with van der Waals surface area (Å²) in [4.78, 5) is 27.2. The number of amides is 3. The van der Waals surface area contributed by atoms with Crippen molar-refractivity contribution in [3.8, 4) is 0 Å². The van der Waals surface area contributed by atoms with Gasteiger partial charge in [-0.25, -0.2) is 9.18 Å². The summed E-state index contributed by atoms with van der Waals surface area (Å²) in [6.07, 6.45) is -4.59. The van der Waals surface area contributed by atoms with Crippen LogP contribution in [0.15, 0.2) is 66.7 Å². The number of hydrogen-bond acceptors (Lipinski definition) is 5. The Bertz CT molecular complexity index is 1150. The number of halogens is 4. The van der Waals surface area contributed by atoms with Gasteiger partial charge in [0.15, 0.2) is 11.6 Å². The van der Waals surface area contributed by atoms with Gasteiger partial charge in [-0.2, -0.15) is 13.2 Å². The molecule has 3 amide bonds. The maximum absolute atomic E-state index is 13.2. The van der Waals surface area contributed by atoms with Gasteiger partial charge in [0.25, 0.3) is 5.91 Å². The van der Waals surface area contributed by atoms with E-state index < -0.39 is 23.7 Å². The Balaban J connectivity index is 0.000000444. The molecule has 0 aliphatic carbocycles. The van der Waals surface area contributed by atoms with Crippen molar-refractivity contribution in [3.05, 3.63) is 83.7 Å². The Labute approximate surface area is 204 Å². The monoisotopic (exact) mass is 504 g/mol. The SMILES string of the molecule is CNC(=O)Nc1ccc(N2CCN(C(=O)c3ccccc3C(F)(F)F)CC2)nn1.Fc1ccccc1. The third-order valence-electron chi connectivity index (χ3n) is 5.21. The van der Waals surface area contributed by atoms with Crippen molar-refractivity contribution in [3.63, 3.8) is 0 Å². The molecule has 12 heteroatoms. The second-order valence-electron chi connectivity index (χ2n) is 7.60. The van der Waals surface area contributed by atoms with E-state index in [1.165, 1.54) is 42.3 Å². The number of piperazine rings is 1. The molecule has 0 bridgehead atoms. The van der Waals surface area contributed by atoms with E-state index in [2.05, 4.69) is 20.8 Å². The number of aromatic nitrogens is 2. The van der Waals surface area contributed by atoms with Crippen molar-refractivity contribution < 1.29 is 27.2 Å². The molecule has 0 radical (unpaired) electrons. The van der Waals surface area contributed by atoms with Gasteiger partial charge in [-0.05, 0) is 36.4 Å². The molecule has 1 aromatic heterocycles. The van der Waals surface area contributed by atoms with Crippen LogP contribution in [-0.2, 0) is 6.18 Å². The molecular formula is C24H24F4N6O2. The number of anilines is 2. The topological polar surface area (TPSA) is 90.5 Å². The number of alkyl halides is 3. The molecular weight excluding hydrogens is 480 g/mol. The smallest absolute Gasteiger partial charge is 0.352 e. The van der Waals surface area contributed by atoms with Gasteiger partial charge in [-0.1, -0.05) is 30.3 Å². The molecule has 0 spiro atoms. The van der Waals surface area contributed by atoms with E-state index in [4.69, 9.17) is 0 Å². The molecule has 1 aliphatic heterocycles. The molecule has 1 aliphatic rings. The summed E-state index contributed by atoms with van der Waals surface area (Å²) in [5.74, 6) is 0.0113. The highest BCUT2D eigenvalue weighted by Gasteiger charge is 2.36. The van der Waals surface area contributed by atoms with Crippen LogP contribution in [0, 0.1) is 5.82 Å². The average Bonchev–Trinajstić information content (AvgIpc) is 2.89. The standard InChI is InChI=1S/C18H19F3N6O2.C6H5F/c1-22-17(29)23-14-6-7-15(25-24-14)26-8-10-27(11-9-26)16(28)12-4-2-3-5-13(12)18(19,20)21;7-6-4-2-1-3-5-6/h2-7H,8-11H2,1H3,(H2,22,23,24,29);1-5H. The summed E-state index contributed by atoms with van der Waals surface area (Å²) in [6, 6.07) is 15.6. The minimum atomic E-state index is -4.59. The van der Waals surface area contributed by atoms with E-state index in [0.717, 1.165) is 6.07 Å². The molecule has 3 aromatic rings. The van der Waals surface area contributed by atoms with E-state index in [1.54, 1.807) is 30.3 Å².